The number of benzene rings is 1. The van der Waals surface area contributed by atoms with E-state index in [1.807, 2.05) is 19.2 Å². The van der Waals surface area contributed by atoms with Gasteiger partial charge in [0, 0.05) is 28.8 Å². The number of rotatable bonds is 4. The molecule has 2 rings (SSSR count). The van der Waals surface area contributed by atoms with Gasteiger partial charge >= 0.3 is 0 Å². The predicted molar refractivity (Wildman–Crippen MR) is 81.2 cm³/mol. The van der Waals surface area contributed by atoms with Gasteiger partial charge in [0.2, 0.25) is 5.88 Å². The Hall–Kier alpha value is -0.810. The standard InChI is InChI=1S/C13H11BrCl2N2O/c1-17-7-8-3-2-4-18-13(8)19-12-6-10(15)9(14)5-11(12)16/h2-6,17H,7H2,1H3. The lowest BCUT2D eigenvalue weighted by Crippen LogP contribution is -2.07. The first-order valence-corrected chi connectivity index (χ1v) is 7.07. The molecule has 1 aromatic carbocycles. The van der Waals surface area contributed by atoms with Crippen molar-refractivity contribution in [1.29, 1.82) is 0 Å². The molecule has 100 valence electrons. The minimum Gasteiger partial charge on any atom is -0.437 e. The highest BCUT2D eigenvalue weighted by Crippen LogP contribution is 2.36. The molecule has 1 aromatic heterocycles. The normalized spacial score (nSPS) is 10.5. The molecular formula is C13H11BrCl2N2O. The molecule has 6 heteroatoms. The Kier molecular flexibility index (Phi) is 5.05. The molecule has 0 unspecified atom stereocenters. The van der Waals surface area contributed by atoms with Crippen LogP contribution in [-0.2, 0) is 6.54 Å². The Bertz CT molecular complexity index is 593. The smallest absolute Gasteiger partial charge is 0.223 e. The van der Waals surface area contributed by atoms with Crippen LogP contribution in [0, 0.1) is 0 Å². The Morgan fingerprint density at radius 3 is 2.84 bits per heavy atom. The fourth-order valence-electron chi connectivity index (χ4n) is 1.53. The first-order chi connectivity index (χ1) is 9.11. The van der Waals surface area contributed by atoms with E-state index >= 15 is 0 Å². The molecule has 0 atom stereocenters. The van der Waals surface area contributed by atoms with Gasteiger partial charge in [-0.3, -0.25) is 0 Å². The molecule has 3 nitrogen and oxygen atoms in total. The number of aromatic nitrogens is 1. The topological polar surface area (TPSA) is 34.2 Å². The molecule has 0 saturated carbocycles. The van der Waals surface area contributed by atoms with Crippen LogP contribution >= 0.6 is 39.1 Å². The zero-order valence-corrected chi connectivity index (χ0v) is 13.2. The molecule has 19 heavy (non-hydrogen) atoms. The molecule has 1 N–H and O–H groups in total. The Morgan fingerprint density at radius 2 is 2.11 bits per heavy atom. The van der Waals surface area contributed by atoms with Crippen molar-refractivity contribution in [3.63, 3.8) is 0 Å². The van der Waals surface area contributed by atoms with Crippen molar-refractivity contribution in [3.05, 3.63) is 50.5 Å². The Balaban J connectivity index is 2.33. The van der Waals surface area contributed by atoms with E-state index in [1.165, 1.54) is 0 Å². The third-order valence-corrected chi connectivity index (χ3v) is 3.89. The maximum atomic E-state index is 6.12. The van der Waals surface area contributed by atoms with Crippen molar-refractivity contribution in [1.82, 2.24) is 10.3 Å². The van der Waals surface area contributed by atoms with Gasteiger partial charge in [-0.15, -0.1) is 0 Å². The van der Waals surface area contributed by atoms with Crippen LogP contribution < -0.4 is 10.1 Å². The summed E-state index contributed by atoms with van der Waals surface area (Å²) >= 11 is 15.5. The van der Waals surface area contributed by atoms with Crippen molar-refractivity contribution < 1.29 is 4.74 Å². The fourth-order valence-corrected chi connectivity index (χ4v) is 2.36. The van der Waals surface area contributed by atoms with Crippen molar-refractivity contribution >= 4 is 39.1 Å². The molecule has 0 fully saturated rings. The Morgan fingerprint density at radius 1 is 1.32 bits per heavy atom. The number of nitrogens with one attached hydrogen (secondary N) is 1. The summed E-state index contributed by atoms with van der Waals surface area (Å²) in [5.41, 5.74) is 0.945. The average molecular weight is 362 g/mol. The molecule has 0 spiro atoms. The number of pyridine rings is 1. The largest absolute Gasteiger partial charge is 0.437 e. The van der Waals surface area contributed by atoms with Gasteiger partial charge in [-0.05, 0) is 35.1 Å². The number of halogens is 3. The second kappa shape index (κ2) is 6.57. The van der Waals surface area contributed by atoms with Crippen molar-refractivity contribution in [2.45, 2.75) is 6.54 Å². The van der Waals surface area contributed by atoms with Gasteiger partial charge in [-0.1, -0.05) is 29.3 Å². The molecule has 0 radical (unpaired) electrons. The third-order valence-electron chi connectivity index (χ3n) is 2.40. The quantitative estimate of drug-likeness (QED) is 0.804. The maximum absolute atomic E-state index is 6.12. The number of hydrogen-bond acceptors (Lipinski definition) is 3. The first-order valence-electron chi connectivity index (χ1n) is 5.52. The summed E-state index contributed by atoms with van der Waals surface area (Å²) < 4.78 is 6.47. The highest BCUT2D eigenvalue weighted by atomic mass is 79.9. The van der Waals surface area contributed by atoms with E-state index in [-0.39, 0.29) is 0 Å². The van der Waals surface area contributed by atoms with Crippen molar-refractivity contribution in [3.8, 4) is 11.6 Å². The molecule has 1 heterocycles. The summed E-state index contributed by atoms with van der Waals surface area (Å²) in [4.78, 5) is 4.21. The molecule has 0 bridgehead atoms. The molecule has 0 aliphatic rings. The van der Waals surface area contributed by atoms with Gasteiger partial charge in [0.15, 0.2) is 0 Å². The second-order valence-electron chi connectivity index (χ2n) is 3.80. The molecule has 0 aliphatic carbocycles. The minimum atomic E-state index is 0.470. The summed E-state index contributed by atoms with van der Waals surface area (Å²) in [6.07, 6.45) is 1.67. The zero-order valence-electron chi connectivity index (χ0n) is 10.1. The van der Waals surface area contributed by atoms with E-state index in [0.29, 0.717) is 28.2 Å². The van der Waals surface area contributed by atoms with Crippen LogP contribution in [0.3, 0.4) is 0 Å². The van der Waals surface area contributed by atoms with Crippen LogP contribution in [0.15, 0.2) is 34.9 Å². The van der Waals surface area contributed by atoms with Gasteiger partial charge in [0.1, 0.15) is 5.75 Å². The fraction of sp³-hybridized carbons (Fsp3) is 0.154. The first kappa shape index (κ1) is 14.6. The van der Waals surface area contributed by atoms with Gasteiger partial charge in [0.25, 0.3) is 0 Å². The Labute approximate surface area is 130 Å². The SMILES string of the molecule is CNCc1cccnc1Oc1cc(Cl)c(Br)cc1Cl. The van der Waals surface area contributed by atoms with Crippen LogP contribution in [0.5, 0.6) is 11.6 Å². The minimum absolute atomic E-state index is 0.470. The second-order valence-corrected chi connectivity index (χ2v) is 5.47. The van der Waals surface area contributed by atoms with Crippen molar-refractivity contribution in [2.24, 2.45) is 0 Å². The molecular weight excluding hydrogens is 351 g/mol. The van der Waals surface area contributed by atoms with Crippen LogP contribution in [-0.4, -0.2) is 12.0 Å². The van der Waals surface area contributed by atoms with Crippen LogP contribution in [0.2, 0.25) is 10.0 Å². The van der Waals surface area contributed by atoms with Crippen molar-refractivity contribution in [2.75, 3.05) is 7.05 Å². The summed E-state index contributed by atoms with van der Waals surface area (Å²) in [6.45, 7) is 0.658. The van der Waals surface area contributed by atoms with Gasteiger partial charge in [-0.2, -0.15) is 0 Å². The highest BCUT2D eigenvalue weighted by molar-refractivity contribution is 9.10. The average Bonchev–Trinajstić information content (AvgIpc) is 2.38. The summed E-state index contributed by atoms with van der Waals surface area (Å²) in [5, 5.41) is 4.06. The molecule has 0 amide bonds. The van der Waals surface area contributed by atoms with Gasteiger partial charge in [0.05, 0.1) is 10.0 Å². The molecule has 2 aromatic rings. The third kappa shape index (κ3) is 3.60. The van der Waals surface area contributed by atoms with E-state index in [4.69, 9.17) is 27.9 Å². The summed E-state index contributed by atoms with van der Waals surface area (Å²) in [5.74, 6) is 0.989. The van der Waals surface area contributed by atoms with Crippen LogP contribution in [0.1, 0.15) is 5.56 Å². The van der Waals surface area contributed by atoms with E-state index in [1.54, 1.807) is 18.3 Å². The number of ether oxygens (including phenoxy) is 1. The lowest BCUT2D eigenvalue weighted by atomic mass is 10.2. The molecule has 0 saturated heterocycles. The lowest BCUT2D eigenvalue weighted by Gasteiger charge is -2.11. The van der Waals surface area contributed by atoms with Gasteiger partial charge < -0.3 is 10.1 Å². The van der Waals surface area contributed by atoms with E-state index in [0.717, 1.165) is 10.0 Å². The summed E-state index contributed by atoms with van der Waals surface area (Å²) in [6, 6.07) is 7.15. The van der Waals surface area contributed by atoms with Crippen LogP contribution in [0.4, 0.5) is 0 Å². The molecule has 0 aliphatic heterocycles. The van der Waals surface area contributed by atoms with Crippen LogP contribution in [0.25, 0.3) is 0 Å². The lowest BCUT2D eigenvalue weighted by molar-refractivity contribution is 0.454. The van der Waals surface area contributed by atoms with Gasteiger partial charge in [-0.25, -0.2) is 4.98 Å². The zero-order chi connectivity index (χ0) is 13.8. The number of nitrogens with zero attached hydrogens (tertiary/aromatic N) is 1. The maximum Gasteiger partial charge on any atom is 0.223 e. The van der Waals surface area contributed by atoms with E-state index in [2.05, 4.69) is 26.2 Å². The number of hydrogen-bond donors (Lipinski definition) is 1. The monoisotopic (exact) mass is 360 g/mol. The van der Waals surface area contributed by atoms with E-state index in [9.17, 15) is 0 Å². The summed E-state index contributed by atoms with van der Waals surface area (Å²) in [7, 11) is 1.86. The highest BCUT2D eigenvalue weighted by Gasteiger charge is 2.11. The predicted octanol–water partition coefficient (Wildman–Crippen LogP) is 4.66. The van der Waals surface area contributed by atoms with E-state index < -0.39 is 0 Å².